The van der Waals surface area contributed by atoms with E-state index in [0.29, 0.717) is 5.33 Å². The Morgan fingerprint density at radius 3 is 2.57 bits per heavy atom. The summed E-state index contributed by atoms with van der Waals surface area (Å²) in [4.78, 5) is 11.1. The fraction of sp³-hybridized carbons (Fsp3) is 0.222. The number of aliphatic hydroxyl groups excluding tert-OH is 1. The molecule has 0 aromatic heterocycles. The van der Waals surface area contributed by atoms with Crippen molar-refractivity contribution < 1.29 is 15.0 Å². The highest BCUT2D eigenvalue weighted by Gasteiger charge is 2.12. The predicted molar refractivity (Wildman–Crippen MR) is 59.9 cm³/mol. The first-order valence-corrected chi connectivity index (χ1v) is 5.73. The predicted octanol–water partition coefficient (Wildman–Crippen LogP) is 2.22. The highest BCUT2D eigenvalue weighted by Crippen LogP contribution is 2.28. The lowest BCUT2D eigenvalue weighted by Crippen LogP contribution is -2.05. The Kier molecular flexibility index (Phi) is 4.10. The molecule has 5 heteroatoms. The van der Waals surface area contributed by atoms with Crippen molar-refractivity contribution in [3.05, 3.63) is 27.7 Å². The third-order valence-corrected chi connectivity index (χ3v) is 3.10. The van der Waals surface area contributed by atoms with Crippen LogP contribution >= 0.6 is 31.9 Å². The Hall–Kier alpha value is -0.390. The van der Waals surface area contributed by atoms with Gasteiger partial charge in [-0.25, -0.2) is 0 Å². The number of halogens is 2. The molecule has 0 saturated carbocycles. The third kappa shape index (κ3) is 2.34. The molecule has 0 unspecified atom stereocenters. The molecular formula is C9H8Br2O3. The van der Waals surface area contributed by atoms with Crippen LogP contribution in [-0.4, -0.2) is 22.6 Å². The second-order valence-corrected chi connectivity index (χ2v) is 4.09. The van der Waals surface area contributed by atoms with E-state index in [0.717, 1.165) is 10.0 Å². The van der Waals surface area contributed by atoms with Crippen molar-refractivity contribution in [3.63, 3.8) is 0 Å². The number of carbonyl (C=O) groups is 1. The average Bonchev–Trinajstić information content (AvgIpc) is 2.19. The van der Waals surface area contributed by atoms with Crippen LogP contribution in [0.5, 0.6) is 5.75 Å². The third-order valence-electron chi connectivity index (χ3n) is 1.75. The summed E-state index contributed by atoms with van der Waals surface area (Å²) in [5, 5.41) is 18.7. The summed E-state index contributed by atoms with van der Waals surface area (Å²) in [5.74, 6) is -0.606. The van der Waals surface area contributed by atoms with Crippen LogP contribution in [0.15, 0.2) is 16.6 Å². The molecule has 1 aromatic carbocycles. The van der Waals surface area contributed by atoms with Gasteiger partial charge in [0.1, 0.15) is 12.4 Å². The number of carbonyl (C=O) groups excluding carboxylic acids is 1. The first-order valence-electron chi connectivity index (χ1n) is 3.81. The number of Topliss-reactive ketones (excluding diaryl/α,β-unsaturated/α-hetero) is 1. The number of alkyl halides is 1. The molecule has 3 nitrogen and oxygen atoms in total. The molecule has 0 fully saturated rings. The molecule has 0 amide bonds. The van der Waals surface area contributed by atoms with E-state index in [1.54, 1.807) is 0 Å². The molecule has 0 spiro atoms. The summed E-state index contributed by atoms with van der Waals surface area (Å²) in [6.45, 7) is -0.604. The van der Waals surface area contributed by atoms with Crippen molar-refractivity contribution in [2.45, 2.75) is 5.33 Å². The van der Waals surface area contributed by atoms with Crippen LogP contribution in [0, 0.1) is 0 Å². The molecule has 0 atom stereocenters. The standard InChI is InChI=1S/C9H8Br2O3/c10-3-5-1-8(13)6(2-7(5)11)9(14)4-12/h1-2,12-13H,3-4H2. The maximum absolute atomic E-state index is 11.1. The lowest BCUT2D eigenvalue weighted by atomic mass is 10.1. The van der Waals surface area contributed by atoms with Crippen LogP contribution in [-0.2, 0) is 5.33 Å². The van der Waals surface area contributed by atoms with E-state index >= 15 is 0 Å². The summed E-state index contributed by atoms with van der Waals surface area (Å²) < 4.78 is 0.726. The van der Waals surface area contributed by atoms with Gasteiger partial charge < -0.3 is 10.2 Å². The monoisotopic (exact) mass is 322 g/mol. The summed E-state index contributed by atoms with van der Waals surface area (Å²) in [6.07, 6.45) is 0. The van der Waals surface area contributed by atoms with Gasteiger partial charge in [0.05, 0.1) is 5.56 Å². The molecule has 0 heterocycles. The first kappa shape index (κ1) is 11.7. The zero-order chi connectivity index (χ0) is 10.7. The lowest BCUT2D eigenvalue weighted by Gasteiger charge is -2.06. The van der Waals surface area contributed by atoms with Crippen LogP contribution < -0.4 is 0 Å². The lowest BCUT2D eigenvalue weighted by molar-refractivity contribution is 0.0901. The number of phenols is 1. The Morgan fingerprint density at radius 2 is 2.07 bits per heavy atom. The number of hydrogen-bond donors (Lipinski definition) is 2. The number of benzene rings is 1. The molecule has 1 aromatic rings. The van der Waals surface area contributed by atoms with E-state index < -0.39 is 12.4 Å². The van der Waals surface area contributed by atoms with E-state index in [9.17, 15) is 9.90 Å². The average molecular weight is 324 g/mol. The molecule has 0 aliphatic rings. The summed E-state index contributed by atoms with van der Waals surface area (Å²) in [5.41, 5.74) is 0.973. The SMILES string of the molecule is O=C(CO)c1cc(Br)c(CBr)cc1O. The van der Waals surface area contributed by atoms with Gasteiger partial charge in [0.25, 0.3) is 0 Å². The van der Waals surface area contributed by atoms with Crippen molar-refractivity contribution in [1.82, 2.24) is 0 Å². The Morgan fingerprint density at radius 1 is 1.43 bits per heavy atom. The van der Waals surface area contributed by atoms with Crippen LogP contribution in [0.25, 0.3) is 0 Å². The number of phenolic OH excluding ortho intramolecular Hbond substituents is 1. The van der Waals surface area contributed by atoms with Gasteiger partial charge in [-0.2, -0.15) is 0 Å². The number of aliphatic hydroxyl groups is 1. The van der Waals surface area contributed by atoms with Gasteiger partial charge in [0, 0.05) is 9.80 Å². The van der Waals surface area contributed by atoms with Crippen molar-refractivity contribution >= 4 is 37.6 Å². The molecule has 0 aliphatic heterocycles. The normalized spacial score (nSPS) is 10.2. The van der Waals surface area contributed by atoms with Gasteiger partial charge in [0.2, 0.25) is 0 Å². The van der Waals surface area contributed by atoms with Gasteiger partial charge in [-0.1, -0.05) is 31.9 Å². The van der Waals surface area contributed by atoms with E-state index in [1.165, 1.54) is 12.1 Å². The van der Waals surface area contributed by atoms with E-state index in [4.69, 9.17) is 5.11 Å². The van der Waals surface area contributed by atoms with Crippen molar-refractivity contribution in [1.29, 1.82) is 0 Å². The molecule has 0 aliphatic carbocycles. The van der Waals surface area contributed by atoms with Gasteiger partial charge in [-0.15, -0.1) is 0 Å². The fourth-order valence-corrected chi connectivity index (χ4v) is 2.34. The molecule has 1 rings (SSSR count). The van der Waals surface area contributed by atoms with Gasteiger partial charge >= 0.3 is 0 Å². The van der Waals surface area contributed by atoms with E-state index in [-0.39, 0.29) is 11.3 Å². The van der Waals surface area contributed by atoms with Crippen LogP contribution in [0.1, 0.15) is 15.9 Å². The first-order chi connectivity index (χ1) is 6.60. The smallest absolute Gasteiger partial charge is 0.191 e. The zero-order valence-corrected chi connectivity index (χ0v) is 10.3. The second-order valence-electron chi connectivity index (χ2n) is 2.68. The maximum atomic E-state index is 11.1. The molecule has 2 N–H and O–H groups in total. The maximum Gasteiger partial charge on any atom is 0.191 e. The van der Waals surface area contributed by atoms with Crippen molar-refractivity contribution in [2.24, 2.45) is 0 Å². The summed E-state index contributed by atoms with van der Waals surface area (Å²) in [7, 11) is 0. The van der Waals surface area contributed by atoms with Gasteiger partial charge in [-0.3, -0.25) is 4.79 Å². The molecule has 0 bridgehead atoms. The topological polar surface area (TPSA) is 57.5 Å². The zero-order valence-electron chi connectivity index (χ0n) is 7.13. The second kappa shape index (κ2) is 4.91. The fourth-order valence-electron chi connectivity index (χ4n) is 1.02. The summed E-state index contributed by atoms with van der Waals surface area (Å²) >= 11 is 6.51. The molecule has 0 saturated heterocycles. The molecular weight excluding hydrogens is 316 g/mol. The summed E-state index contributed by atoms with van der Waals surface area (Å²) in [6, 6.07) is 2.99. The Balaban J connectivity index is 3.21. The minimum Gasteiger partial charge on any atom is -0.507 e. The van der Waals surface area contributed by atoms with Crippen LogP contribution in [0.2, 0.25) is 0 Å². The van der Waals surface area contributed by atoms with Crippen molar-refractivity contribution in [2.75, 3.05) is 6.61 Å². The van der Waals surface area contributed by atoms with Crippen LogP contribution in [0.3, 0.4) is 0 Å². The molecule has 14 heavy (non-hydrogen) atoms. The quantitative estimate of drug-likeness (QED) is 0.662. The highest BCUT2D eigenvalue weighted by atomic mass is 79.9. The molecule has 0 radical (unpaired) electrons. The van der Waals surface area contributed by atoms with E-state index in [2.05, 4.69) is 31.9 Å². The van der Waals surface area contributed by atoms with Gasteiger partial charge in [0.15, 0.2) is 5.78 Å². The largest absolute Gasteiger partial charge is 0.507 e. The minimum atomic E-state index is -0.604. The highest BCUT2D eigenvalue weighted by molar-refractivity contribution is 9.10. The Bertz CT molecular complexity index is 363. The number of hydrogen-bond acceptors (Lipinski definition) is 3. The Labute approximate surface area is 98.0 Å². The van der Waals surface area contributed by atoms with E-state index in [1.807, 2.05) is 0 Å². The number of aromatic hydroxyl groups is 1. The number of rotatable bonds is 3. The number of ketones is 1. The van der Waals surface area contributed by atoms with Gasteiger partial charge in [-0.05, 0) is 17.7 Å². The van der Waals surface area contributed by atoms with Crippen molar-refractivity contribution in [3.8, 4) is 5.75 Å². The van der Waals surface area contributed by atoms with Crippen LogP contribution in [0.4, 0.5) is 0 Å². The minimum absolute atomic E-state index is 0.110. The molecule has 76 valence electrons.